The predicted molar refractivity (Wildman–Crippen MR) is 91.4 cm³/mol. The molecule has 3 nitrogen and oxygen atoms in total. The average molecular weight is 388 g/mol. The summed E-state index contributed by atoms with van der Waals surface area (Å²) in [5.74, 6) is 0. The maximum atomic E-state index is 12.5. The summed E-state index contributed by atoms with van der Waals surface area (Å²) < 4.78 is 28.6. The molecule has 0 radical (unpaired) electrons. The number of hydrogen-bond donors (Lipinski definition) is 1. The summed E-state index contributed by atoms with van der Waals surface area (Å²) in [6.45, 7) is 7.68. The van der Waals surface area contributed by atoms with Crippen LogP contribution < -0.4 is 4.72 Å². The summed E-state index contributed by atoms with van der Waals surface area (Å²) in [5, 5.41) is 0. The smallest absolute Gasteiger partial charge is 0.207 e. The molecule has 6 heteroatoms. The van der Waals surface area contributed by atoms with E-state index in [0.717, 1.165) is 25.4 Å². The van der Waals surface area contributed by atoms with E-state index in [-0.39, 0.29) is 6.04 Å². The molecule has 0 aliphatic heterocycles. The van der Waals surface area contributed by atoms with Gasteiger partial charge in [0.1, 0.15) is 0 Å². The van der Waals surface area contributed by atoms with Gasteiger partial charge in [-0.15, -0.1) is 11.3 Å². The molecule has 0 aliphatic rings. The molecular formula is C15H18BrNO2S2. The van der Waals surface area contributed by atoms with Gasteiger partial charge in [-0.1, -0.05) is 23.8 Å². The van der Waals surface area contributed by atoms with Crippen LogP contribution in [0, 0.1) is 20.8 Å². The van der Waals surface area contributed by atoms with Crippen molar-refractivity contribution in [1.82, 2.24) is 4.72 Å². The Morgan fingerprint density at radius 3 is 2.43 bits per heavy atom. The lowest BCUT2D eigenvalue weighted by Crippen LogP contribution is -2.27. The van der Waals surface area contributed by atoms with Crippen molar-refractivity contribution in [2.45, 2.75) is 38.6 Å². The van der Waals surface area contributed by atoms with Gasteiger partial charge in [0.2, 0.25) is 10.0 Å². The minimum atomic E-state index is -3.52. The summed E-state index contributed by atoms with van der Waals surface area (Å²) in [6, 6.07) is 7.45. The molecule has 1 atom stereocenters. The number of hydrogen-bond acceptors (Lipinski definition) is 3. The average Bonchev–Trinajstić information content (AvgIpc) is 2.71. The first-order valence-corrected chi connectivity index (χ1v) is 9.65. The maximum Gasteiger partial charge on any atom is 0.242 e. The van der Waals surface area contributed by atoms with Crippen LogP contribution in [0.25, 0.3) is 0 Å². The standard InChI is InChI=1S/C15H18BrNO2S2/c1-9-5-6-10(2)13(7-9)11(3)17-21(18,19)14-8-15(16)20-12(14)4/h5-8,11,17H,1-4H3. The molecule has 1 aromatic heterocycles. The third-order valence-electron chi connectivity index (χ3n) is 3.36. The Labute approximate surface area is 138 Å². The van der Waals surface area contributed by atoms with E-state index in [4.69, 9.17) is 0 Å². The van der Waals surface area contributed by atoms with Crippen LogP contribution in [-0.2, 0) is 10.0 Å². The van der Waals surface area contributed by atoms with E-state index in [1.54, 1.807) is 6.07 Å². The van der Waals surface area contributed by atoms with Crippen molar-refractivity contribution >= 4 is 37.3 Å². The van der Waals surface area contributed by atoms with E-state index >= 15 is 0 Å². The summed E-state index contributed by atoms with van der Waals surface area (Å²) in [7, 11) is -3.52. The fourth-order valence-corrected chi connectivity index (χ4v) is 5.92. The molecule has 0 bridgehead atoms. The van der Waals surface area contributed by atoms with Gasteiger partial charge >= 0.3 is 0 Å². The first kappa shape index (κ1) is 16.7. The van der Waals surface area contributed by atoms with Gasteiger partial charge in [0, 0.05) is 10.9 Å². The first-order chi connectivity index (χ1) is 9.70. The Morgan fingerprint density at radius 2 is 1.86 bits per heavy atom. The topological polar surface area (TPSA) is 46.2 Å². The molecule has 0 saturated carbocycles. The van der Waals surface area contributed by atoms with Crippen LogP contribution >= 0.6 is 27.3 Å². The van der Waals surface area contributed by atoms with Crippen molar-refractivity contribution in [3.8, 4) is 0 Å². The highest BCUT2D eigenvalue weighted by atomic mass is 79.9. The second-order valence-corrected chi connectivity index (χ2v) is 9.49. The molecule has 1 aromatic carbocycles. The SMILES string of the molecule is Cc1ccc(C)c(C(C)NS(=O)(=O)c2cc(Br)sc2C)c1. The molecule has 1 heterocycles. The number of benzene rings is 1. The second kappa shape index (κ2) is 6.20. The van der Waals surface area contributed by atoms with Crippen LogP contribution in [0.3, 0.4) is 0 Å². The fraction of sp³-hybridized carbons (Fsp3) is 0.333. The Kier molecular flexibility index (Phi) is 4.92. The van der Waals surface area contributed by atoms with Gasteiger partial charge in [-0.2, -0.15) is 0 Å². The highest BCUT2D eigenvalue weighted by Crippen LogP contribution is 2.30. The number of thiophene rings is 1. The van der Waals surface area contributed by atoms with E-state index in [0.29, 0.717) is 4.90 Å². The van der Waals surface area contributed by atoms with Crippen LogP contribution in [-0.4, -0.2) is 8.42 Å². The van der Waals surface area contributed by atoms with Gasteiger partial charge in [-0.3, -0.25) is 0 Å². The van der Waals surface area contributed by atoms with E-state index in [9.17, 15) is 8.42 Å². The Balaban J connectivity index is 2.32. The summed E-state index contributed by atoms with van der Waals surface area (Å²) in [5.41, 5.74) is 3.21. The number of rotatable bonds is 4. The predicted octanol–water partition coefficient (Wildman–Crippen LogP) is 4.48. The van der Waals surface area contributed by atoms with Crippen LogP contribution in [0.2, 0.25) is 0 Å². The molecule has 0 spiro atoms. The normalized spacial score (nSPS) is 13.4. The van der Waals surface area contributed by atoms with E-state index in [1.165, 1.54) is 11.3 Å². The molecule has 2 rings (SSSR count). The van der Waals surface area contributed by atoms with Crippen molar-refractivity contribution in [3.05, 3.63) is 49.6 Å². The summed E-state index contributed by atoms with van der Waals surface area (Å²) in [6.07, 6.45) is 0. The molecule has 0 saturated heterocycles. The van der Waals surface area contributed by atoms with E-state index in [2.05, 4.69) is 20.7 Å². The number of nitrogens with one attached hydrogen (secondary N) is 1. The van der Waals surface area contributed by atoms with Crippen LogP contribution in [0.5, 0.6) is 0 Å². The molecular weight excluding hydrogens is 370 g/mol. The number of sulfonamides is 1. The summed E-state index contributed by atoms with van der Waals surface area (Å²) in [4.78, 5) is 1.12. The maximum absolute atomic E-state index is 12.5. The van der Waals surface area contributed by atoms with Crippen LogP contribution in [0.1, 0.15) is 34.5 Å². The largest absolute Gasteiger partial charge is 0.242 e. The summed E-state index contributed by atoms with van der Waals surface area (Å²) >= 11 is 4.76. The van der Waals surface area contributed by atoms with Crippen molar-refractivity contribution < 1.29 is 8.42 Å². The molecule has 21 heavy (non-hydrogen) atoms. The highest BCUT2D eigenvalue weighted by Gasteiger charge is 2.23. The van der Waals surface area contributed by atoms with Crippen molar-refractivity contribution in [3.63, 3.8) is 0 Å². The zero-order valence-corrected chi connectivity index (χ0v) is 15.6. The Bertz CT molecular complexity index is 766. The van der Waals surface area contributed by atoms with Crippen LogP contribution in [0.4, 0.5) is 0 Å². The first-order valence-electron chi connectivity index (χ1n) is 6.56. The minimum absolute atomic E-state index is 0.270. The third-order valence-corrected chi connectivity index (χ3v) is 6.71. The van der Waals surface area contributed by atoms with Gasteiger partial charge < -0.3 is 0 Å². The molecule has 0 aliphatic carbocycles. The van der Waals surface area contributed by atoms with Crippen molar-refractivity contribution in [2.24, 2.45) is 0 Å². The highest BCUT2D eigenvalue weighted by molar-refractivity contribution is 9.11. The third kappa shape index (κ3) is 3.74. The van der Waals surface area contributed by atoms with Crippen LogP contribution in [0.15, 0.2) is 32.9 Å². The van der Waals surface area contributed by atoms with Crippen molar-refractivity contribution in [2.75, 3.05) is 0 Å². The lowest BCUT2D eigenvalue weighted by atomic mass is 10.0. The minimum Gasteiger partial charge on any atom is -0.207 e. The van der Waals surface area contributed by atoms with Gasteiger partial charge in [0.15, 0.2) is 0 Å². The zero-order valence-electron chi connectivity index (χ0n) is 12.4. The monoisotopic (exact) mass is 387 g/mol. The van der Waals surface area contributed by atoms with Gasteiger partial charge in [0.05, 0.1) is 8.68 Å². The molecule has 1 unspecified atom stereocenters. The van der Waals surface area contributed by atoms with E-state index < -0.39 is 10.0 Å². The lowest BCUT2D eigenvalue weighted by Gasteiger charge is -2.17. The van der Waals surface area contributed by atoms with E-state index in [1.807, 2.05) is 45.9 Å². The fourth-order valence-electron chi connectivity index (χ4n) is 2.28. The Hall–Kier alpha value is -0.690. The molecule has 1 N–H and O–H groups in total. The lowest BCUT2D eigenvalue weighted by molar-refractivity contribution is 0.566. The van der Waals surface area contributed by atoms with Gasteiger partial charge in [0.25, 0.3) is 0 Å². The van der Waals surface area contributed by atoms with Gasteiger partial charge in [-0.05, 0) is 60.8 Å². The molecule has 2 aromatic rings. The number of aryl methyl sites for hydroxylation is 3. The quantitative estimate of drug-likeness (QED) is 0.840. The zero-order chi connectivity index (χ0) is 15.8. The van der Waals surface area contributed by atoms with Crippen molar-refractivity contribution in [1.29, 1.82) is 0 Å². The van der Waals surface area contributed by atoms with Gasteiger partial charge in [-0.25, -0.2) is 13.1 Å². The molecule has 0 amide bonds. The molecule has 114 valence electrons. The molecule has 0 fully saturated rings. The Morgan fingerprint density at radius 1 is 1.19 bits per heavy atom. The number of halogens is 1. The second-order valence-electron chi connectivity index (χ2n) is 5.17.